The summed E-state index contributed by atoms with van der Waals surface area (Å²) in [5.74, 6) is -0.998. The lowest BCUT2D eigenvalue weighted by Gasteiger charge is -2.23. The topological polar surface area (TPSA) is 92.7 Å². The molecule has 29 heavy (non-hydrogen) atoms. The molecule has 0 bridgehead atoms. The second-order valence-electron chi connectivity index (χ2n) is 8.34. The number of hydrogen-bond donors (Lipinski definition) is 2. The number of carboxylic acid groups (broad SMARTS) is 1. The average Bonchev–Trinajstić information content (AvgIpc) is 2.75. The molecule has 6 heteroatoms. The normalized spacial score (nSPS) is 19.3. The first-order valence-electron chi connectivity index (χ1n) is 10.9. The van der Waals surface area contributed by atoms with Crippen molar-refractivity contribution in [2.45, 2.75) is 76.7 Å². The molecule has 6 nitrogen and oxygen atoms in total. The fourth-order valence-electron chi connectivity index (χ4n) is 4.32. The molecule has 3 rings (SSSR count). The van der Waals surface area contributed by atoms with Gasteiger partial charge in [-0.05, 0) is 43.4 Å². The van der Waals surface area contributed by atoms with Crippen LogP contribution < -0.4 is 10.1 Å². The van der Waals surface area contributed by atoms with Crippen molar-refractivity contribution in [1.82, 2.24) is 5.32 Å². The highest BCUT2D eigenvalue weighted by atomic mass is 16.5. The van der Waals surface area contributed by atoms with E-state index in [9.17, 15) is 19.5 Å². The van der Waals surface area contributed by atoms with Crippen molar-refractivity contribution >= 4 is 17.8 Å². The minimum atomic E-state index is -1.04. The van der Waals surface area contributed by atoms with Crippen molar-refractivity contribution in [2.75, 3.05) is 0 Å². The lowest BCUT2D eigenvalue weighted by atomic mass is 9.88. The Morgan fingerprint density at radius 2 is 1.45 bits per heavy atom. The molecule has 1 atom stereocenters. The van der Waals surface area contributed by atoms with Crippen LogP contribution >= 0.6 is 0 Å². The first kappa shape index (κ1) is 21.3. The number of esters is 1. The Bertz CT molecular complexity index is 702. The lowest BCUT2D eigenvalue weighted by molar-refractivity contribution is -0.142. The van der Waals surface area contributed by atoms with Gasteiger partial charge < -0.3 is 15.2 Å². The zero-order valence-electron chi connectivity index (χ0n) is 16.9. The molecular weight excluding hydrogens is 370 g/mol. The van der Waals surface area contributed by atoms with E-state index in [4.69, 9.17) is 4.74 Å². The fraction of sp³-hybridized carbons (Fsp3) is 0.609. The van der Waals surface area contributed by atoms with Crippen LogP contribution in [0.1, 0.15) is 69.8 Å². The summed E-state index contributed by atoms with van der Waals surface area (Å²) >= 11 is 0. The van der Waals surface area contributed by atoms with Gasteiger partial charge in [0, 0.05) is 12.3 Å². The van der Waals surface area contributed by atoms with Crippen molar-refractivity contribution in [3.8, 4) is 5.75 Å². The van der Waals surface area contributed by atoms with Crippen LogP contribution in [-0.4, -0.2) is 29.0 Å². The molecule has 0 aliphatic heterocycles. The summed E-state index contributed by atoms with van der Waals surface area (Å²) in [6.45, 7) is 0. The van der Waals surface area contributed by atoms with Crippen LogP contribution in [0.15, 0.2) is 24.3 Å². The number of hydrogen-bond acceptors (Lipinski definition) is 4. The number of aliphatic carboxylic acids is 1. The minimum absolute atomic E-state index is 0.0187. The number of carboxylic acids is 1. The predicted molar refractivity (Wildman–Crippen MR) is 108 cm³/mol. The molecule has 1 aromatic rings. The van der Waals surface area contributed by atoms with E-state index in [0.717, 1.165) is 63.4 Å². The van der Waals surface area contributed by atoms with E-state index < -0.39 is 12.0 Å². The predicted octanol–water partition coefficient (Wildman–Crippen LogP) is 3.86. The number of benzene rings is 1. The largest absolute Gasteiger partial charge is 0.480 e. The number of carbonyl (C=O) groups excluding carboxylic acids is 2. The molecule has 0 aromatic heterocycles. The Kier molecular flexibility index (Phi) is 7.67. The van der Waals surface area contributed by atoms with Crippen LogP contribution in [0.25, 0.3) is 0 Å². The Morgan fingerprint density at radius 1 is 0.897 bits per heavy atom. The lowest BCUT2D eigenvalue weighted by Crippen LogP contribution is -2.45. The summed E-state index contributed by atoms with van der Waals surface area (Å²) in [4.78, 5) is 36.3. The van der Waals surface area contributed by atoms with E-state index in [-0.39, 0.29) is 30.1 Å². The molecule has 0 unspecified atom stereocenters. The van der Waals surface area contributed by atoms with E-state index in [1.807, 2.05) is 0 Å². The summed E-state index contributed by atoms with van der Waals surface area (Å²) in [6, 6.07) is 5.94. The van der Waals surface area contributed by atoms with Gasteiger partial charge in [-0.2, -0.15) is 0 Å². The van der Waals surface area contributed by atoms with Gasteiger partial charge in [0.2, 0.25) is 5.91 Å². The van der Waals surface area contributed by atoms with Crippen LogP contribution in [0, 0.1) is 11.8 Å². The van der Waals surface area contributed by atoms with E-state index >= 15 is 0 Å². The molecule has 0 saturated heterocycles. The van der Waals surface area contributed by atoms with Gasteiger partial charge in [0.25, 0.3) is 0 Å². The Balaban J connectivity index is 1.54. The number of carbonyl (C=O) groups is 3. The zero-order valence-corrected chi connectivity index (χ0v) is 16.9. The summed E-state index contributed by atoms with van der Waals surface area (Å²) in [7, 11) is 0. The molecule has 2 aliphatic carbocycles. The highest BCUT2D eigenvalue weighted by Gasteiger charge is 2.27. The maximum atomic E-state index is 12.4. The second-order valence-corrected chi connectivity index (χ2v) is 8.34. The van der Waals surface area contributed by atoms with Crippen molar-refractivity contribution in [3.63, 3.8) is 0 Å². The Hall–Kier alpha value is -2.37. The second kappa shape index (κ2) is 10.4. The molecule has 1 amide bonds. The molecule has 2 saturated carbocycles. The highest BCUT2D eigenvalue weighted by Crippen LogP contribution is 2.26. The highest BCUT2D eigenvalue weighted by molar-refractivity contribution is 5.85. The number of nitrogens with one attached hydrogen (secondary N) is 1. The number of amides is 1. The maximum absolute atomic E-state index is 12.4. The number of ether oxygens (including phenoxy) is 1. The monoisotopic (exact) mass is 401 g/mol. The third-order valence-corrected chi connectivity index (χ3v) is 6.11. The van der Waals surface area contributed by atoms with Crippen LogP contribution in [0.3, 0.4) is 0 Å². The first-order chi connectivity index (χ1) is 14.0. The standard InChI is InChI=1S/C23H31NO5/c25-21(17-7-3-1-4-8-17)24-20(22(26)27)15-16-11-13-19(14-12-16)29-23(28)18-9-5-2-6-10-18/h11-14,17-18,20H,1-10,15H2,(H,24,25)(H,26,27)/t20-/m0/s1. The third-order valence-electron chi connectivity index (χ3n) is 6.11. The van der Waals surface area contributed by atoms with Gasteiger partial charge in [0.05, 0.1) is 5.92 Å². The van der Waals surface area contributed by atoms with Crippen molar-refractivity contribution in [2.24, 2.45) is 11.8 Å². The average molecular weight is 402 g/mol. The molecule has 2 fully saturated rings. The molecule has 158 valence electrons. The summed E-state index contributed by atoms with van der Waals surface area (Å²) in [5, 5.41) is 12.2. The van der Waals surface area contributed by atoms with E-state index in [1.165, 1.54) is 6.42 Å². The van der Waals surface area contributed by atoms with Crippen LogP contribution in [-0.2, 0) is 20.8 Å². The Morgan fingerprint density at radius 3 is 2.00 bits per heavy atom. The van der Waals surface area contributed by atoms with E-state index in [0.29, 0.717) is 5.75 Å². The molecule has 0 heterocycles. The van der Waals surface area contributed by atoms with Gasteiger partial charge in [0.1, 0.15) is 11.8 Å². The molecule has 2 N–H and O–H groups in total. The van der Waals surface area contributed by atoms with Crippen LogP contribution in [0.5, 0.6) is 5.75 Å². The minimum Gasteiger partial charge on any atom is -0.480 e. The first-order valence-corrected chi connectivity index (χ1v) is 10.9. The van der Waals surface area contributed by atoms with Gasteiger partial charge in [-0.3, -0.25) is 9.59 Å². The SMILES string of the molecule is O=C(N[C@@H](Cc1ccc(OC(=O)C2CCCCC2)cc1)C(=O)O)C1CCCCC1. The molecule has 1 aromatic carbocycles. The smallest absolute Gasteiger partial charge is 0.326 e. The van der Waals surface area contributed by atoms with Crippen molar-refractivity contribution in [3.05, 3.63) is 29.8 Å². The molecule has 0 spiro atoms. The molecule has 2 aliphatic rings. The summed E-state index contributed by atoms with van der Waals surface area (Å²) < 4.78 is 5.48. The third kappa shape index (κ3) is 6.31. The number of rotatable bonds is 7. The fourth-order valence-corrected chi connectivity index (χ4v) is 4.32. The van der Waals surface area contributed by atoms with Gasteiger partial charge in [-0.25, -0.2) is 4.79 Å². The molecule has 0 radical (unpaired) electrons. The molecular formula is C23H31NO5. The Labute approximate surface area is 172 Å². The van der Waals surface area contributed by atoms with Gasteiger partial charge >= 0.3 is 11.9 Å². The maximum Gasteiger partial charge on any atom is 0.326 e. The van der Waals surface area contributed by atoms with Gasteiger partial charge in [-0.15, -0.1) is 0 Å². The van der Waals surface area contributed by atoms with Gasteiger partial charge in [-0.1, -0.05) is 50.7 Å². The van der Waals surface area contributed by atoms with E-state index in [2.05, 4.69) is 5.32 Å². The van der Waals surface area contributed by atoms with Crippen molar-refractivity contribution in [1.29, 1.82) is 0 Å². The van der Waals surface area contributed by atoms with E-state index in [1.54, 1.807) is 24.3 Å². The van der Waals surface area contributed by atoms with Crippen LogP contribution in [0.4, 0.5) is 0 Å². The quantitative estimate of drug-likeness (QED) is 0.534. The summed E-state index contributed by atoms with van der Waals surface area (Å²) in [6.07, 6.45) is 10.2. The zero-order chi connectivity index (χ0) is 20.6. The van der Waals surface area contributed by atoms with Crippen LogP contribution in [0.2, 0.25) is 0 Å². The van der Waals surface area contributed by atoms with Gasteiger partial charge in [0.15, 0.2) is 0 Å². The summed E-state index contributed by atoms with van der Waals surface area (Å²) in [5.41, 5.74) is 0.777. The van der Waals surface area contributed by atoms with Crippen molar-refractivity contribution < 1.29 is 24.2 Å².